The molecular formula is C12H14INO4. The zero-order chi connectivity index (χ0) is 13.5. The number of hydrogen-bond donors (Lipinski definition) is 2. The number of carboxylic acids is 1. The van der Waals surface area contributed by atoms with Gasteiger partial charge >= 0.3 is 5.97 Å². The number of carbonyl (C=O) groups excluding carboxylic acids is 1. The van der Waals surface area contributed by atoms with Crippen molar-refractivity contribution < 1.29 is 19.4 Å². The Morgan fingerprint density at radius 1 is 1.44 bits per heavy atom. The predicted octanol–water partition coefficient (Wildman–Crippen LogP) is 1.89. The van der Waals surface area contributed by atoms with Crippen LogP contribution in [0.5, 0.6) is 5.75 Å². The predicted molar refractivity (Wildman–Crippen MR) is 74.9 cm³/mol. The SMILES string of the molecule is CCNC(=O)CCOc1ccc(I)cc1C(=O)O. The molecule has 0 saturated carbocycles. The van der Waals surface area contributed by atoms with E-state index in [0.29, 0.717) is 6.54 Å². The summed E-state index contributed by atoms with van der Waals surface area (Å²) in [5, 5.41) is 11.7. The molecule has 0 spiro atoms. The van der Waals surface area contributed by atoms with E-state index in [4.69, 9.17) is 9.84 Å². The Hall–Kier alpha value is -1.31. The summed E-state index contributed by atoms with van der Waals surface area (Å²) in [6, 6.07) is 4.89. The quantitative estimate of drug-likeness (QED) is 0.757. The van der Waals surface area contributed by atoms with Crippen molar-refractivity contribution in [3.05, 3.63) is 27.3 Å². The number of aromatic carboxylic acids is 1. The number of carboxylic acid groups (broad SMARTS) is 1. The lowest BCUT2D eigenvalue weighted by atomic mass is 10.2. The molecule has 0 aliphatic rings. The minimum atomic E-state index is -1.04. The molecule has 0 atom stereocenters. The molecule has 2 N–H and O–H groups in total. The van der Waals surface area contributed by atoms with Gasteiger partial charge in [-0.15, -0.1) is 0 Å². The molecule has 0 radical (unpaired) electrons. The fraction of sp³-hybridized carbons (Fsp3) is 0.333. The van der Waals surface area contributed by atoms with Crippen molar-refractivity contribution in [1.29, 1.82) is 0 Å². The second-order valence-electron chi connectivity index (χ2n) is 3.50. The summed E-state index contributed by atoms with van der Waals surface area (Å²) in [6.45, 7) is 2.57. The third-order valence-corrected chi connectivity index (χ3v) is 2.80. The lowest BCUT2D eigenvalue weighted by Crippen LogP contribution is -2.24. The highest BCUT2D eigenvalue weighted by Gasteiger charge is 2.12. The maximum Gasteiger partial charge on any atom is 0.339 e. The van der Waals surface area contributed by atoms with E-state index >= 15 is 0 Å². The zero-order valence-electron chi connectivity index (χ0n) is 9.90. The van der Waals surface area contributed by atoms with E-state index in [0.717, 1.165) is 3.57 Å². The molecule has 98 valence electrons. The van der Waals surface area contributed by atoms with Crippen molar-refractivity contribution in [3.63, 3.8) is 0 Å². The molecule has 0 aliphatic heterocycles. The standard InChI is InChI=1S/C12H14INO4/c1-2-14-11(15)5-6-18-10-4-3-8(13)7-9(10)12(16)17/h3-4,7H,2,5-6H2,1H3,(H,14,15)(H,16,17). The number of benzene rings is 1. The van der Waals surface area contributed by atoms with Gasteiger partial charge in [0.15, 0.2) is 0 Å². The molecule has 1 aromatic rings. The summed E-state index contributed by atoms with van der Waals surface area (Å²) >= 11 is 2.03. The molecule has 0 aliphatic carbocycles. The first-order chi connectivity index (χ1) is 8.54. The van der Waals surface area contributed by atoms with E-state index < -0.39 is 5.97 Å². The molecule has 0 fully saturated rings. The van der Waals surface area contributed by atoms with Crippen LogP contribution in [0, 0.1) is 3.57 Å². The fourth-order valence-electron chi connectivity index (χ4n) is 1.33. The maximum absolute atomic E-state index is 11.2. The molecule has 0 heterocycles. The Kier molecular flexibility index (Phi) is 5.90. The molecule has 18 heavy (non-hydrogen) atoms. The van der Waals surface area contributed by atoms with E-state index in [9.17, 15) is 9.59 Å². The molecular weight excluding hydrogens is 349 g/mol. The lowest BCUT2D eigenvalue weighted by molar-refractivity contribution is -0.121. The van der Waals surface area contributed by atoms with Gasteiger partial charge in [0, 0.05) is 10.1 Å². The van der Waals surface area contributed by atoms with Crippen molar-refractivity contribution in [3.8, 4) is 5.75 Å². The zero-order valence-corrected chi connectivity index (χ0v) is 12.1. The van der Waals surface area contributed by atoms with Crippen LogP contribution < -0.4 is 10.1 Å². The molecule has 1 rings (SSSR count). The van der Waals surface area contributed by atoms with Crippen LogP contribution in [-0.2, 0) is 4.79 Å². The summed E-state index contributed by atoms with van der Waals surface area (Å²) in [5.41, 5.74) is 0.109. The van der Waals surface area contributed by atoms with Gasteiger partial charge in [-0.2, -0.15) is 0 Å². The minimum Gasteiger partial charge on any atom is -0.492 e. The number of halogens is 1. The molecule has 0 aromatic heterocycles. The van der Waals surface area contributed by atoms with Gasteiger partial charge < -0.3 is 15.2 Å². The van der Waals surface area contributed by atoms with E-state index in [1.165, 1.54) is 6.07 Å². The molecule has 0 saturated heterocycles. The van der Waals surface area contributed by atoms with Crippen LogP contribution in [0.1, 0.15) is 23.7 Å². The third kappa shape index (κ3) is 4.52. The average Bonchev–Trinajstić information content (AvgIpc) is 2.31. The normalized spacial score (nSPS) is 9.89. The highest BCUT2D eigenvalue weighted by molar-refractivity contribution is 14.1. The largest absolute Gasteiger partial charge is 0.492 e. The van der Waals surface area contributed by atoms with Gasteiger partial charge in [0.25, 0.3) is 0 Å². The monoisotopic (exact) mass is 363 g/mol. The number of nitrogens with one attached hydrogen (secondary N) is 1. The first kappa shape index (κ1) is 14.7. The van der Waals surface area contributed by atoms with E-state index in [-0.39, 0.29) is 30.2 Å². The van der Waals surface area contributed by atoms with Gasteiger partial charge in [-0.25, -0.2) is 4.79 Å². The molecule has 0 unspecified atom stereocenters. The Morgan fingerprint density at radius 3 is 2.78 bits per heavy atom. The van der Waals surface area contributed by atoms with Crippen molar-refractivity contribution in [2.45, 2.75) is 13.3 Å². The van der Waals surface area contributed by atoms with Gasteiger partial charge in [-0.3, -0.25) is 4.79 Å². The van der Waals surface area contributed by atoms with Crippen molar-refractivity contribution in [1.82, 2.24) is 5.32 Å². The van der Waals surface area contributed by atoms with Gasteiger partial charge in [0.05, 0.1) is 13.0 Å². The van der Waals surface area contributed by atoms with Crippen LogP contribution in [0.4, 0.5) is 0 Å². The number of rotatable bonds is 6. The van der Waals surface area contributed by atoms with Gasteiger partial charge in [-0.05, 0) is 47.7 Å². The fourth-order valence-corrected chi connectivity index (χ4v) is 1.83. The maximum atomic E-state index is 11.2. The lowest BCUT2D eigenvalue weighted by Gasteiger charge is -2.09. The Morgan fingerprint density at radius 2 is 2.17 bits per heavy atom. The van der Waals surface area contributed by atoms with Gasteiger partial charge in [-0.1, -0.05) is 0 Å². The molecule has 1 amide bonds. The molecule has 6 heteroatoms. The van der Waals surface area contributed by atoms with Crippen LogP contribution >= 0.6 is 22.6 Å². The summed E-state index contributed by atoms with van der Waals surface area (Å²) < 4.78 is 6.15. The summed E-state index contributed by atoms with van der Waals surface area (Å²) in [5.74, 6) is -0.867. The van der Waals surface area contributed by atoms with Gasteiger partial charge in [0.2, 0.25) is 5.91 Å². The first-order valence-electron chi connectivity index (χ1n) is 5.47. The van der Waals surface area contributed by atoms with Gasteiger partial charge in [0.1, 0.15) is 11.3 Å². The number of ether oxygens (including phenoxy) is 1. The van der Waals surface area contributed by atoms with Crippen LogP contribution in [0.2, 0.25) is 0 Å². The summed E-state index contributed by atoms with van der Waals surface area (Å²) in [7, 11) is 0. The van der Waals surface area contributed by atoms with E-state index in [1.807, 2.05) is 29.5 Å². The van der Waals surface area contributed by atoms with Crippen LogP contribution in [0.3, 0.4) is 0 Å². The Balaban J connectivity index is 2.62. The van der Waals surface area contributed by atoms with Crippen molar-refractivity contribution in [2.75, 3.05) is 13.2 Å². The smallest absolute Gasteiger partial charge is 0.339 e. The highest BCUT2D eigenvalue weighted by atomic mass is 127. The molecule has 0 bridgehead atoms. The molecule has 1 aromatic carbocycles. The Labute approximate surface area is 119 Å². The van der Waals surface area contributed by atoms with E-state index in [1.54, 1.807) is 12.1 Å². The third-order valence-electron chi connectivity index (χ3n) is 2.13. The second kappa shape index (κ2) is 7.20. The van der Waals surface area contributed by atoms with Crippen LogP contribution in [0.15, 0.2) is 18.2 Å². The summed E-state index contributed by atoms with van der Waals surface area (Å²) in [4.78, 5) is 22.2. The van der Waals surface area contributed by atoms with Crippen molar-refractivity contribution in [2.24, 2.45) is 0 Å². The second-order valence-corrected chi connectivity index (χ2v) is 4.74. The number of amides is 1. The minimum absolute atomic E-state index is 0.109. The highest BCUT2D eigenvalue weighted by Crippen LogP contribution is 2.21. The molecule has 5 nitrogen and oxygen atoms in total. The van der Waals surface area contributed by atoms with Crippen LogP contribution in [-0.4, -0.2) is 30.1 Å². The van der Waals surface area contributed by atoms with Crippen molar-refractivity contribution >= 4 is 34.5 Å². The topological polar surface area (TPSA) is 75.6 Å². The summed E-state index contributed by atoms with van der Waals surface area (Å²) in [6.07, 6.45) is 0.207. The number of carbonyl (C=O) groups is 2. The van der Waals surface area contributed by atoms with E-state index in [2.05, 4.69) is 5.32 Å². The number of hydrogen-bond acceptors (Lipinski definition) is 3. The average molecular weight is 363 g/mol. The van der Waals surface area contributed by atoms with Crippen LogP contribution in [0.25, 0.3) is 0 Å². The Bertz CT molecular complexity index is 448. The first-order valence-corrected chi connectivity index (χ1v) is 6.54.